The first-order chi connectivity index (χ1) is 13.1. The summed E-state index contributed by atoms with van der Waals surface area (Å²) in [6, 6.07) is 8.67. The predicted molar refractivity (Wildman–Crippen MR) is 96.9 cm³/mol. The van der Waals surface area contributed by atoms with Gasteiger partial charge in [0, 0.05) is 5.56 Å². The van der Waals surface area contributed by atoms with Crippen LogP contribution in [0, 0.1) is 5.82 Å². The molecule has 3 aromatic rings. The number of methoxy groups -OCH3 is 1. The van der Waals surface area contributed by atoms with E-state index in [1.165, 1.54) is 31.4 Å². The number of primary sulfonamides is 1. The number of aromatic nitrogens is 2. The van der Waals surface area contributed by atoms with Crippen LogP contribution in [0.1, 0.15) is 12.1 Å². The molecule has 1 heterocycles. The molecule has 6 nitrogen and oxygen atoms in total. The third-order valence-corrected chi connectivity index (χ3v) is 5.11. The molecule has 2 N–H and O–H groups in total. The number of benzene rings is 2. The van der Waals surface area contributed by atoms with Crippen LogP contribution in [0.4, 0.5) is 13.2 Å². The summed E-state index contributed by atoms with van der Waals surface area (Å²) < 4.78 is 69.6. The lowest BCUT2D eigenvalue weighted by Crippen LogP contribution is -2.14. The van der Waals surface area contributed by atoms with Gasteiger partial charge in [-0.25, -0.2) is 31.4 Å². The zero-order valence-corrected chi connectivity index (χ0v) is 15.8. The highest BCUT2D eigenvalue weighted by Gasteiger charge is 2.21. The molecule has 0 aliphatic rings. The minimum absolute atomic E-state index is 0.108. The van der Waals surface area contributed by atoms with E-state index in [1.807, 2.05) is 0 Å². The Morgan fingerprint density at radius 3 is 2.43 bits per heavy atom. The average Bonchev–Trinajstić information content (AvgIpc) is 3.06. The Hall–Kier alpha value is -2.56. The van der Waals surface area contributed by atoms with Crippen LogP contribution < -0.4 is 9.88 Å². The maximum Gasteiger partial charge on any atom is 0.282 e. The summed E-state index contributed by atoms with van der Waals surface area (Å²) in [5, 5.41) is 9.02. The summed E-state index contributed by atoms with van der Waals surface area (Å²) in [5.41, 5.74) is 0.00847. The summed E-state index contributed by atoms with van der Waals surface area (Å²) in [4.78, 5) is -0.705. The molecule has 3 rings (SSSR count). The molecule has 0 spiro atoms. The van der Waals surface area contributed by atoms with Crippen LogP contribution in [-0.2, 0) is 10.0 Å². The van der Waals surface area contributed by atoms with Gasteiger partial charge in [0.1, 0.15) is 22.2 Å². The van der Waals surface area contributed by atoms with E-state index < -0.39 is 32.9 Å². The van der Waals surface area contributed by atoms with Crippen molar-refractivity contribution in [1.29, 1.82) is 0 Å². The Kier molecular flexibility index (Phi) is 5.37. The van der Waals surface area contributed by atoms with Crippen molar-refractivity contribution in [2.24, 2.45) is 5.14 Å². The molecule has 11 heteroatoms. The highest BCUT2D eigenvalue weighted by Crippen LogP contribution is 2.32. The molecule has 0 amide bonds. The van der Waals surface area contributed by atoms with Crippen LogP contribution in [0.25, 0.3) is 16.9 Å². The van der Waals surface area contributed by atoms with Crippen molar-refractivity contribution in [3.05, 3.63) is 59.0 Å². The Bertz CT molecular complexity index is 1150. The van der Waals surface area contributed by atoms with E-state index in [2.05, 4.69) is 5.10 Å². The van der Waals surface area contributed by atoms with Gasteiger partial charge in [0.05, 0.1) is 23.5 Å². The van der Waals surface area contributed by atoms with Crippen molar-refractivity contribution in [2.75, 3.05) is 7.11 Å². The maximum atomic E-state index is 14.2. The summed E-state index contributed by atoms with van der Waals surface area (Å²) in [6.07, 6.45) is -2.87. The van der Waals surface area contributed by atoms with Crippen molar-refractivity contribution in [2.45, 2.75) is 11.3 Å². The number of hydrogen-bond donors (Lipinski definition) is 1. The Balaban J connectivity index is 2.19. The molecule has 0 saturated heterocycles. The number of ether oxygens (including phenoxy) is 1. The second kappa shape index (κ2) is 7.46. The molecular weight excluding hydrogens is 419 g/mol. The van der Waals surface area contributed by atoms with Crippen molar-refractivity contribution >= 4 is 21.6 Å². The standard InChI is InChI=1S/C17H13ClF3N3O3S/c1-27-15-4-3-10(7-11(15)18)24-14(8-13(23-24)17(20)21)9-2-5-16(12(19)6-9)28(22,25)26/h2-8,17H,1H3,(H2,22,25,26). The van der Waals surface area contributed by atoms with Crippen LogP contribution in [0.2, 0.25) is 5.02 Å². The quantitative estimate of drug-likeness (QED) is 0.663. The van der Waals surface area contributed by atoms with Gasteiger partial charge in [0.15, 0.2) is 0 Å². The third-order valence-electron chi connectivity index (χ3n) is 3.87. The van der Waals surface area contributed by atoms with Gasteiger partial charge in [-0.2, -0.15) is 5.10 Å². The first kappa shape index (κ1) is 20.2. The van der Waals surface area contributed by atoms with E-state index >= 15 is 0 Å². The highest BCUT2D eigenvalue weighted by molar-refractivity contribution is 7.89. The second-order valence-corrected chi connectivity index (χ2v) is 7.61. The predicted octanol–water partition coefficient (Wildman–Crippen LogP) is 3.93. The number of alkyl halides is 2. The van der Waals surface area contributed by atoms with Crippen molar-refractivity contribution in [3.63, 3.8) is 0 Å². The molecule has 0 unspecified atom stereocenters. The van der Waals surface area contributed by atoms with Crippen molar-refractivity contribution in [1.82, 2.24) is 9.78 Å². The normalized spacial score (nSPS) is 11.8. The van der Waals surface area contributed by atoms with Crippen molar-refractivity contribution < 1.29 is 26.3 Å². The molecule has 0 bridgehead atoms. The van der Waals surface area contributed by atoms with E-state index in [4.69, 9.17) is 21.5 Å². The highest BCUT2D eigenvalue weighted by atomic mass is 35.5. The third kappa shape index (κ3) is 3.84. The summed E-state index contributed by atoms with van der Waals surface area (Å²) >= 11 is 6.09. The average molecular weight is 432 g/mol. The molecule has 2 aromatic carbocycles. The molecule has 0 fully saturated rings. The van der Waals surface area contributed by atoms with E-state index in [0.717, 1.165) is 22.9 Å². The molecule has 0 aliphatic heterocycles. The zero-order valence-electron chi connectivity index (χ0n) is 14.2. The van der Waals surface area contributed by atoms with Crippen molar-refractivity contribution in [3.8, 4) is 22.7 Å². The molecule has 28 heavy (non-hydrogen) atoms. The van der Waals surface area contributed by atoms with Crippen LogP contribution in [-0.4, -0.2) is 25.3 Å². The van der Waals surface area contributed by atoms with Gasteiger partial charge in [0.2, 0.25) is 10.0 Å². The van der Waals surface area contributed by atoms with Crippen LogP contribution in [0.5, 0.6) is 5.75 Å². The molecule has 1 aromatic heterocycles. The summed E-state index contributed by atoms with van der Waals surface area (Å²) in [6.45, 7) is 0. The number of nitrogens with two attached hydrogens (primary N) is 1. The van der Waals surface area contributed by atoms with Gasteiger partial charge < -0.3 is 4.74 Å². The van der Waals surface area contributed by atoms with Gasteiger partial charge in [0.25, 0.3) is 6.43 Å². The molecular formula is C17H13ClF3N3O3S. The second-order valence-electron chi connectivity index (χ2n) is 5.68. The van der Waals surface area contributed by atoms with E-state index in [0.29, 0.717) is 11.4 Å². The first-order valence-corrected chi connectivity index (χ1v) is 9.59. The number of nitrogens with zero attached hydrogens (tertiary/aromatic N) is 2. The zero-order chi connectivity index (χ0) is 20.6. The molecule has 0 radical (unpaired) electrons. The van der Waals surface area contributed by atoms with Crippen LogP contribution >= 0.6 is 11.6 Å². The minimum atomic E-state index is -4.27. The first-order valence-electron chi connectivity index (χ1n) is 7.66. The Morgan fingerprint density at radius 1 is 1.18 bits per heavy atom. The van der Waals surface area contributed by atoms with Gasteiger partial charge in [-0.05, 0) is 36.4 Å². The lowest BCUT2D eigenvalue weighted by Gasteiger charge is -2.11. The smallest absolute Gasteiger partial charge is 0.282 e. The monoisotopic (exact) mass is 431 g/mol. The van der Waals surface area contributed by atoms with E-state index in [9.17, 15) is 21.6 Å². The molecule has 0 saturated carbocycles. The fourth-order valence-electron chi connectivity index (χ4n) is 2.59. The number of rotatable bonds is 5. The topological polar surface area (TPSA) is 87.2 Å². The van der Waals surface area contributed by atoms with Gasteiger partial charge in [-0.15, -0.1) is 0 Å². The summed E-state index contributed by atoms with van der Waals surface area (Å²) in [7, 11) is -2.84. The Labute approximate surface area is 163 Å². The van der Waals surface area contributed by atoms with E-state index in [-0.39, 0.29) is 16.3 Å². The van der Waals surface area contributed by atoms with Gasteiger partial charge in [-0.1, -0.05) is 17.7 Å². The van der Waals surface area contributed by atoms with Crippen LogP contribution in [0.15, 0.2) is 47.4 Å². The molecule has 0 atom stereocenters. The number of sulfonamides is 1. The van der Waals surface area contributed by atoms with Gasteiger partial charge >= 0.3 is 0 Å². The Morgan fingerprint density at radius 2 is 1.89 bits per heavy atom. The minimum Gasteiger partial charge on any atom is -0.495 e. The van der Waals surface area contributed by atoms with Gasteiger partial charge in [-0.3, -0.25) is 0 Å². The van der Waals surface area contributed by atoms with Crippen LogP contribution in [0.3, 0.4) is 0 Å². The molecule has 0 aliphatic carbocycles. The number of halogens is 4. The SMILES string of the molecule is COc1ccc(-n2nc(C(F)F)cc2-c2ccc(S(N)(=O)=O)c(F)c2)cc1Cl. The fourth-order valence-corrected chi connectivity index (χ4v) is 3.43. The fraction of sp³-hybridized carbons (Fsp3) is 0.118. The largest absolute Gasteiger partial charge is 0.495 e. The summed E-state index contributed by atoms with van der Waals surface area (Å²) in [5.74, 6) is -0.740. The lowest BCUT2D eigenvalue weighted by molar-refractivity contribution is 0.145. The lowest BCUT2D eigenvalue weighted by atomic mass is 10.1. The number of hydrogen-bond acceptors (Lipinski definition) is 4. The maximum absolute atomic E-state index is 14.2. The van der Waals surface area contributed by atoms with E-state index in [1.54, 1.807) is 0 Å². The molecule has 148 valence electrons.